The lowest BCUT2D eigenvalue weighted by Crippen LogP contribution is -2.43. The molecular weight excluding hydrogens is 418 g/mol. The number of hydrogen-bond acceptors (Lipinski definition) is 5. The molecule has 8 nitrogen and oxygen atoms in total. The molecule has 0 radical (unpaired) electrons. The van der Waals surface area contributed by atoms with Gasteiger partial charge < -0.3 is 15.4 Å². The average Bonchev–Trinajstić information content (AvgIpc) is 3.24. The summed E-state index contributed by atoms with van der Waals surface area (Å²) in [5, 5.41) is 5.59. The van der Waals surface area contributed by atoms with E-state index in [0.717, 1.165) is 12.0 Å². The highest BCUT2D eigenvalue weighted by atomic mass is 32.2. The number of aryl methyl sites for hydroxylation is 2. The molecule has 2 heterocycles. The molecule has 1 atom stereocenters. The molecular formula is C22H25N3O5S. The minimum absolute atomic E-state index is 0.0797. The van der Waals surface area contributed by atoms with Crippen molar-refractivity contribution in [2.45, 2.75) is 44.0 Å². The van der Waals surface area contributed by atoms with Gasteiger partial charge >= 0.3 is 0 Å². The van der Waals surface area contributed by atoms with Crippen molar-refractivity contribution >= 4 is 33.2 Å². The summed E-state index contributed by atoms with van der Waals surface area (Å²) < 4.78 is 33.7. The summed E-state index contributed by atoms with van der Waals surface area (Å²) in [4.78, 5) is 24.6. The fourth-order valence-electron chi connectivity index (χ4n) is 4.08. The Kier molecular flexibility index (Phi) is 5.72. The normalized spacial score (nSPS) is 18.8. The number of anilines is 2. The molecule has 2 amide bonds. The molecule has 2 aliphatic heterocycles. The fourth-order valence-corrected chi connectivity index (χ4v) is 5.96. The second kappa shape index (κ2) is 8.32. The number of nitrogens with zero attached hydrogens (tertiary/aromatic N) is 1. The summed E-state index contributed by atoms with van der Waals surface area (Å²) in [6.07, 6.45) is 1.81. The molecule has 31 heavy (non-hydrogen) atoms. The van der Waals surface area contributed by atoms with Gasteiger partial charge in [-0.1, -0.05) is 25.1 Å². The van der Waals surface area contributed by atoms with E-state index >= 15 is 0 Å². The number of carbonyl (C=O) groups is 2. The van der Waals surface area contributed by atoms with Crippen molar-refractivity contribution in [2.75, 3.05) is 23.8 Å². The first kappa shape index (κ1) is 21.3. The summed E-state index contributed by atoms with van der Waals surface area (Å²) in [6.45, 7) is 3.77. The maximum absolute atomic E-state index is 13.5. The van der Waals surface area contributed by atoms with Gasteiger partial charge in [-0.25, -0.2) is 8.42 Å². The van der Waals surface area contributed by atoms with Crippen LogP contribution in [-0.2, 0) is 26.0 Å². The van der Waals surface area contributed by atoms with E-state index in [9.17, 15) is 18.0 Å². The van der Waals surface area contributed by atoms with Gasteiger partial charge in [0.05, 0.1) is 10.6 Å². The first-order valence-electron chi connectivity index (χ1n) is 10.3. The predicted molar refractivity (Wildman–Crippen MR) is 117 cm³/mol. The Morgan fingerprint density at radius 2 is 2.06 bits per heavy atom. The molecule has 0 aliphatic carbocycles. The number of para-hydroxylation sites is 1. The van der Waals surface area contributed by atoms with Crippen molar-refractivity contribution in [3.8, 4) is 5.75 Å². The lowest BCUT2D eigenvalue weighted by Gasteiger charge is -2.26. The number of carbonyl (C=O) groups excluding carboxylic acids is 2. The van der Waals surface area contributed by atoms with E-state index in [0.29, 0.717) is 35.5 Å². The lowest BCUT2D eigenvalue weighted by atomic mass is 10.1. The first-order valence-corrected chi connectivity index (χ1v) is 11.7. The highest BCUT2D eigenvalue weighted by Gasteiger charge is 2.40. The fraction of sp³-hybridized carbons (Fsp3) is 0.364. The van der Waals surface area contributed by atoms with Crippen LogP contribution in [-0.4, -0.2) is 43.7 Å². The van der Waals surface area contributed by atoms with Gasteiger partial charge in [-0.05, 0) is 49.4 Å². The smallest absolute Gasteiger partial charge is 0.262 e. The van der Waals surface area contributed by atoms with E-state index < -0.39 is 16.1 Å². The van der Waals surface area contributed by atoms with Crippen LogP contribution in [0.2, 0.25) is 0 Å². The number of amides is 2. The topological polar surface area (TPSA) is 105 Å². The van der Waals surface area contributed by atoms with Gasteiger partial charge in [0, 0.05) is 18.3 Å². The molecule has 2 aliphatic rings. The summed E-state index contributed by atoms with van der Waals surface area (Å²) in [6, 6.07) is 9.74. The van der Waals surface area contributed by atoms with Gasteiger partial charge in [0.1, 0.15) is 11.8 Å². The second-order valence-corrected chi connectivity index (χ2v) is 9.58. The molecule has 1 fully saturated rings. The molecule has 2 aromatic carbocycles. The van der Waals surface area contributed by atoms with Crippen molar-refractivity contribution in [3.05, 3.63) is 47.5 Å². The Bertz CT molecular complexity index is 1150. The van der Waals surface area contributed by atoms with Crippen LogP contribution in [0, 0.1) is 6.92 Å². The molecule has 2 N–H and O–H groups in total. The van der Waals surface area contributed by atoms with E-state index in [1.807, 2.05) is 31.2 Å². The molecule has 164 valence electrons. The molecule has 0 unspecified atom stereocenters. The Labute approximate surface area is 181 Å². The SMILES string of the molecule is CCc1ccccc1NC(=O)[C@H]1CCCN1S(=O)(=O)c1cc2c(cc1C)NC(=O)CO2. The van der Waals surface area contributed by atoms with Gasteiger partial charge in [0.15, 0.2) is 6.61 Å². The summed E-state index contributed by atoms with van der Waals surface area (Å²) in [5.41, 5.74) is 2.62. The molecule has 4 rings (SSSR count). The van der Waals surface area contributed by atoms with Crippen LogP contribution in [0.3, 0.4) is 0 Å². The summed E-state index contributed by atoms with van der Waals surface area (Å²) in [5.74, 6) is -0.312. The van der Waals surface area contributed by atoms with Gasteiger partial charge in [0.25, 0.3) is 5.91 Å². The van der Waals surface area contributed by atoms with Crippen molar-refractivity contribution in [1.82, 2.24) is 4.31 Å². The molecule has 0 spiro atoms. The monoisotopic (exact) mass is 443 g/mol. The quantitative estimate of drug-likeness (QED) is 0.739. The first-order chi connectivity index (χ1) is 14.8. The Balaban J connectivity index is 1.62. The third-order valence-corrected chi connectivity index (χ3v) is 7.71. The van der Waals surface area contributed by atoms with Crippen LogP contribution in [0.15, 0.2) is 41.3 Å². The lowest BCUT2D eigenvalue weighted by molar-refractivity contribution is -0.119. The Hall–Kier alpha value is -2.91. The largest absolute Gasteiger partial charge is 0.482 e. The number of fused-ring (bicyclic) bond motifs is 1. The van der Waals surface area contributed by atoms with Crippen LogP contribution in [0.5, 0.6) is 5.75 Å². The second-order valence-electron chi connectivity index (χ2n) is 7.72. The molecule has 9 heteroatoms. The number of nitrogens with one attached hydrogen (secondary N) is 2. The van der Waals surface area contributed by atoms with Gasteiger partial charge in [0.2, 0.25) is 15.9 Å². The van der Waals surface area contributed by atoms with Crippen LogP contribution in [0.25, 0.3) is 0 Å². The van der Waals surface area contributed by atoms with Crippen molar-refractivity contribution in [3.63, 3.8) is 0 Å². The van der Waals surface area contributed by atoms with Crippen LogP contribution < -0.4 is 15.4 Å². The molecule has 2 aromatic rings. The predicted octanol–water partition coefficient (Wildman–Crippen LogP) is 2.68. The van der Waals surface area contributed by atoms with E-state index in [1.165, 1.54) is 10.4 Å². The maximum atomic E-state index is 13.5. The minimum atomic E-state index is -3.94. The van der Waals surface area contributed by atoms with Crippen molar-refractivity contribution in [2.24, 2.45) is 0 Å². The summed E-state index contributed by atoms with van der Waals surface area (Å²) >= 11 is 0. The van der Waals surface area contributed by atoms with Crippen LogP contribution >= 0.6 is 0 Å². The highest BCUT2D eigenvalue weighted by Crippen LogP contribution is 2.36. The molecule has 1 saturated heterocycles. The number of ether oxygens (including phenoxy) is 1. The number of hydrogen-bond donors (Lipinski definition) is 2. The third-order valence-electron chi connectivity index (χ3n) is 5.66. The highest BCUT2D eigenvalue weighted by molar-refractivity contribution is 7.89. The van der Waals surface area contributed by atoms with Crippen LogP contribution in [0.1, 0.15) is 30.9 Å². The molecule has 0 saturated carbocycles. The van der Waals surface area contributed by atoms with E-state index in [2.05, 4.69) is 10.6 Å². The maximum Gasteiger partial charge on any atom is 0.262 e. The molecule has 0 bridgehead atoms. The Morgan fingerprint density at radius 1 is 1.29 bits per heavy atom. The van der Waals surface area contributed by atoms with E-state index in [-0.39, 0.29) is 29.9 Å². The zero-order chi connectivity index (χ0) is 22.2. The van der Waals surface area contributed by atoms with Gasteiger partial charge in [-0.15, -0.1) is 0 Å². The van der Waals surface area contributed by atoms with Gasteiger partial charge in [-0.3, -0.25) is 9.59 Å². The zero-order valence-corrected chi connectivity index (χ0v) is 18.3. The van der Waals surface area contributed by atoms with E-state index in [1.54, 1.807) is 13.0 Å². The number of benzene rings is 2. The molecule has 0 aromatic heterocycles. The van der Waals surface area contributed by atoms with Crippen molar-refractivity contribution < 1.29 is 22.7 Å². The minimum Gasteiger partial charge on any atom is -0.482 e. The number of rotatable bonds is 5. The van der Waals surface area contributed by atoms with Crippen molar-refractivity contribution in [1.29, 1.82) is 0 Å². The number of sulfonamides is 1. The van der Waals surface area contributed by atoms with Gasteiger partial charge in [-0.2, -0.15) is 4.31 Å². The van der Waals surface area contributed by atoms with E-state index in [4.69, 9.17) is 4.74 Å². The Morgan fingerprint density at radius 3 is 2.84 bits per heavy atom. The zero-order valence-electron chi connectivity index (χ0n) is 17.5. The van der Waals surface area contributed by atoms with Crippen LogP contribution in [0.4, 0.5) is 11.4 Å². The third kappa shape index (κ3) is 4.03. The summed E-state index contributed by atoms with van der Waals surface area (Å²) in [7, 11) is -3.94. The average molecular weight is 444 g/mol. The standard InChI is InChI=1S/C22H25N3O5S/c1-3-15-7-4-5-8-16(15)24-22(27)18-9-6-10-25(18)31(28,29)20-12-19-17(11-14(20)2)23-21(26)13-30-19/h4-5,7-8,11-12,18H,3,6,9-10,13H2,1-2H3,(H,23,26)(H,24,27)/t18-/m1/s1.